The van der Waals surface area contributed by atoms with Crippen LogP contribution in [0.1, 0.15) is 26.7 Å². The summed E-state index contributed by atoms with van der Waals surface area (Å²) in [5.74, 6) is 0.744. The average Bonchev–Trinajstić information content (AvgIpc) is 2.63. The number of anilines is 1. The maximum absolute atomic E-state index is 3.70. The molecule has 18 heavy (non-hydrogen) atoms. The van der Waals surface area contributed by atoms with Gasteiger partial charge in [0.15, 0.2) is 0 Å². The molecule has 2 nitrogen and oxygen atoms in total. The number of nitrogens with one attached hydrogen (secondary N) is 1. The topological polar surface area (TPSA) is 15.3 Å². The molecule has 1 heterocycles. The van der Waals surface area contributed by atoms with Crippen molar-refractivity contribution in [2.75, 3.05) is 24.5 Å². The lowest BCUT2D eigenvalue weighted by Gasteiger charge is -2.29. The van der Waals surface area contributed by atoms with E-state index in [1.54, 1.807) is 0 Å². The van der Waals surface area contributed by atoms with Gasteiger partial charge in [0.25, 0.3) is 0 Å². The molecular weight excluding hydrogens is 335 g/mol. The Labute approximate surface area is 124 Å². The van der Waals surface area contributed by atoms with Crippen LogP contribution >= 0.6 is 22.6 Å². The Hall–Kier alpha value is -0.290. The second-order valence-corrected chi connectivity index (χ2v) is 6.47. The molecule has 1 aromatic rings. The highest BCUT2D eigenvalue weighted by Gasteiger charge is 2.21. The van der Waals surface area contributed by atoms with E-state index in [9.17, 15) is 0 Å². The van der Waals surface area contributed by atoms with Crippen LogP contribution in [0.15, 0.2) is 24.3 Å². The van der Waals surface area contributed by atoms with Gasteiger partial charge in [0, 0.05) is 28.4 Å². The Morgan fingerprint density at radius 1 is 1.50 bits per heavy atom. The highest BCUT2D eigenvalue weighted by atomic mass is 127. The number of rotatable bonds is 3. The van der Waals surface area contributed by atoms with Crippen molar-refractivity contribution in [1.29, 1.82) is 0 Å². The van der Waals surface area contributed by atoms with E-state index in [1.165, 1.54) is 28.6 Å². The van der Waals surface area contributed by atoms with E-state index in [-0.39, 0.29) is 0 Å². The first-order chi connectivity index (χ1) is 8.70. The number of halogens is 1. The quantitative estimate of drug-likeness (QED) is 0.832. The second kappa shape index (κ2) is 6.75. The summed E-state index contributed by atoms with van der Waals surface area (Å²) in [5.41, 5.74) is 1.37. The Bertz CT molecular complexity index is 381. The third kappa shape index (κ3) is 3.60. The van der Waals surface area contributed by atoms with Gasteiger partial charge in [0.2, 0.25) is 0 Å². The van der Waals surface area contributed by atoms with E-state index in [1.807, 2.05) is 0 Å². The maximum atomic E-state index is 3.70. The maximum Gasteiger partial charge on any atom is 0.0377 e. The molecule has 1 aliphatic rings. The third-order valence-electron chi connectivity index (χ3n) is 3.93. The largest absolute Gasteiger partial charge is 0.370 e. The van der Waals surface area contributed by atoms with Crippen molar-refractivity contribution in [2.24, 2.45) is 5.92 Å². The van der Waals surface area contributed by atoms with Crippen LogP contribution in [-0.4, -0.2) is 25.7 Å². The van der Waals surface area contributed by atoms with E-state index in [0.29, 0.717) is 6.04 Å². The van der Waals surface area contributed by atoms with E-state index in [4.69, 9.17) is 0 Å². The summed E-state index contributed by atoms with van der Waals surface area (Å²) in [6.45, 7) is 8.09. The summed E-state index contributed by atoms with van der Waals surface area (Å²) >= 11 is 2.39. The SMILES string of the molecule is CCC(C)C1CN(c2cccc(I)c2)CCCN1. The van der Waals surface area contributed by atoms with E-state index >= 15 is 0 Å². The third-order valence-corrected chi connectivity index (χ3v) is 4.60. The summed E-state index contributed by atoms with van der Waals surface area (Å²) in [4.78, 5) is 2.54. The van der Waals surface area contributed by atoms with E-state index in [0.717, 1.165) is 19.0 Å². The van der Waals surface area contributed by atoms with Gasteiger partial charge in [-0.05, 0) is 59.7 Å². The van der Waals surface area contributed by atoms with Crippen LogP contribution in [0.2, 0.25) is 0 Å². The van der Waals surface area contributed by atoms with Crippen LogP contribution < -0.4 is 10.2 Å². The summed E-state index contributed by atoms with van der Waals surface area (Å²) in [5, 5.41) is 3.70. The normalized spacial score (nSPS) is 22.6. The number of benzene rings is 1. The van der Waals surface area contributed by atoms with Gasteiger partial charge in [0.05, 0.1) is 0 Å². The van der Waals surface area contributed by atoms with Gasteiger partial charge in [-0.25, -0.2) is 0 Å². The lowest BCUT2D eigenvalue weighted by Crippen LogP contribution is -2.42. The molecule has 0 spiro atoms. The summed E-state index contributed by atoms with van der Waals surface area (Å²) in [6.07, 6.45) is 2.48. The minimum Gasteiger partial charge on any atom is -0.370 e. The molecule has 0 amide bonds. The lowest BCUT2D eigenvalue weighted by atomic mass is 9.99. The first-order valence-electron chi connectivity index (χ1n) is 6.94. The van der Waals surface area contributed by atoms with Crippen LogP contribution in [0, 0.1) is 9.49 Å². The van der Waals surface area contributed by atoms with Crippen molar-refractivity contribution < 1.29 is 0 Å². The van der Waals surface area contributed by atoms with Crippen molar-refractivity contribution in [1.82, 2.24) is 5.32 Å². The molecule has 1 N–H and O–H groups in total. The molecule has 100 valence electrons. The van der Waals surface area contributed by atoms with Crippen molar-refractivity contribution in [3.05, 3.63) is 27.8 Å². The van der Waals surface area contributed by atoms with Gasteiger partial charge >= 0.3 is 0 Å². The van der Waals surface area contributed by atoms with Crippen LogP contribution in [0.25, 0.3) is 0 Å². The molecule has 0 radical (unpaired) electrons. The fourth-order valence-corrected chi connectivity index (χ4v) is 3.05. The standard InChI is InChI=1S/C15H23IN2/c1-3-12(2)15-11-18(9-5-8-17-15)14-7-4-6-13(16)10-14/h4,6-7,10,12,15,17H,3,5,8-9,11H2,1-2H3. The molecule has 1 aromatic carbocycles. The Morgan fingerprint density at radius 2 is 2.33 bits per heavy atom. The van der Waals surface area contributed by atoms with Crippen molar-refractivity contribution >= 4 is 28.3 Å². The molecule has 0 aromatic heterocycles. The fraction of sp³-hybridized carbons (Fsp3) is 0.600. The highest BCUT2D eigenvalue weighted by Crippen LogP contribution is 2.21. The number of hydrogen-bond donors (Lipinski definition) is 1. The zero-order valence-corrected chi connectivity index (χ0v) is 13.5. The Balaban J connectivity index is 2.11. The molecule has 1 saturated heterocycles. The molecule has 0 bridgehead atoms. The van der Waals surface area contributed by atoms with Crippen molar-refractivity contribution in [2.45, 2.75) is 32.7 Å². The monoisotopic (exact) mass is 358 g/mol. The molecule has 2 unspecified atom stereocenters. The minimum atomic E-state index is 0.621. The first kappa shape index (κ1) is 14.1. The van der Waals surface area contributed by atoms with E-state index < -0.39 is 0 Å². The van der Waals surface area contributed by atoms with Gasteiger partial charge in [-0.3, -0.25) is 0 Å². The van der Waals surface area contributed by atoms with Gasteiger partial charge in [-0.2, -0.15) is 0 Å². The Morgan fingerprint density at radius 3 is 3.06 bits per heavy atom. The predicted octanol–water partition coefficient (Wildman–Crippen LogP) is 3.51. The van der Waals surface area contributed by atoms with Gasteiger partial charge in [-0.15, -0.1) is 0 Å². The molecule has 2 rings (SSSR count). The van der Waals surface area contributed by atoms with Gasteiger partial charge in [-0.1, -0.05) is 26.3 Å². The first-order valence-corrected chi connectivity index (χ1v) is 8.02. The Kier molecular flexibility index (Phi) is 5.30. The van der Waals surface area contributed by atoms with Gasteiger partial charge in [0.1, 0.15) is 0 Å². The van der Waals surface area contributed by atoms with Crippen LogP contribution in [0.4, 0.5) is 5.69 Å². The smallest absolute Gasteiger partial charge is 0.0377 e. The highest BCUT2D eigenvalue weighted by molar-refractivity contribution is 14.1. The van der Waals surface area contributed by atoms with E-state index in [2.05, 4.69) is 70.9 Å². The molecule has 2 atom stereocenters. The summed E-state index contributed by atoms with van der Waals surface area (Å²) < 4.78 is 1.32. The molecule has 3 heteroatoms. The van der Waals surface area contributed by atoms with Crippen molar-refractivity contribution in [3.8, 4) is 0 Å². The minimum absolute atomic E-state index is 0.621. The predicted molar refractivity (Wildman–Crippen MR) is 87.2 cm³/mol. The zero-order valence-electron chi connectivity index (χ0n) is 11.3. The number of hydrogen-bond acceptors (Lipinski definition) is 2. The van der Waals surface area contributed by atoms with Gasteiger partial charge < -0.3 is 10.2 Å². The van der Waals surface area contributed by atoms with Crippen LogP contribution in [-0.2, 0) is 0 Å². The number of nitrogens with zero attached hydrogens (tertiary/aromatic N) is 1. The summed E-state index contributed by atoms with van der Waals surface area (Å²) in [6, 6.07) is 9.47. The second-order valence-electron chi connectivity index (χ2n) is 5.23. The molecule has 1 fully saturated rings. The summed E-state index contributed by atoms with van der Waals surface area (Å²) in [7, 11) is 0. The zero-order chi connectivity index (χ0) is 13.0. The average molecular weight is 358 g/mol. The fourth-order valence-electron chi connectivity index (χ4n) is 2.52. The molecule has 0 aliphatic carbocycles. The lowest BCUT2D eigenvalue weighted by molar-refractivity contribution is 0.384. The van der Waals surface area contributed by atoms with Crippen molar-refractivity contribution in [3.63, 3.8) is 0 Å². The van der Waals surface area contributed by atoms with Crippen LogP contribution in [0.5, 0.6) is 0 Å². The molecule has 0 saturated carbocycles. The molecular formula is C15H23IN2. The molecule has 1 aliphatic heterocycles. The van der Waals surface area contributed by atoms with Crippen LogP contribution in [0.3, 0.4) is 0 Å².